The lowest BCUT2D eigenvalue weighted by Gasteiger charge is -1.96. The Bertz CT molecular complexity index is 400. The van der Waals surface area contributed by atoms with E-state index in [1.54, 1.807) is 12.3 Å². The lowest BCUT2D eigenvalue weighted by atomic mass is 10.5. The molecule has 3 N–H and O–H groups in total. The molecule has 0 radical (unpaired) electrons. The van der Waals surface area contributed by atoms with E-state index in [-0.39, 0.29) is 0 Å². The molecule has 0 unspecified atom stereocenters. The van der Waals surface area contributed by atoms with Gasteiger partial charge in [0.05, 0.1) is 5.75 Å². The molecule has 0 aliphatic rings. The summed E-state index contributed by atoms with van der Waals surface area (Å²) in [5.41, 5.74) is 5.50. The summed E-state index contributed by atoms with van der Waals surface area (Å²) in [7, 11) is 0. The van der Waals surface area contributed by atoms with Crippen LogP contribution < -0.4 is 5.73 Å². The maximum absolute atomic E-state index is 5.50. The Morgan fingerprint density at radius 1 is 1.50 bits per heavy atom. The van der Waals surface area contributed by atoms with E-state index in [2.05, 4.69) is 30.6 Å². The standard InChI is InChI=1S/C6H7N7S/c7-4-1-2-8-5(9-4)3-14-6-10-12-13-11-6/h1-2H,3H2,(H2,7,8,9)(H,10,11,12,13). The summed E-state index contributed by atoms with van der Waals surface area (Å²) in [5, 5.41) is 13.9. The zero-order valence-corrected chi connectivity index (χ0v) is 7.90. The van der Waals surface area contributed by atoms with Gasteiger partial charge in [-0.3, -0.25) is 0 Å². The normalized spacial score (nSPS) is 10.3. The van der Waals surface area contributed by atoms with Crippen molar-refractivity contribution >= 4 is 17.6 Å². The fourth-order valence-electron chi connectivity index (χ4n) is 0.827. The summed E-state index contributed by atoms with van der Waals surface area (Å²) in [6.07, 6.45) is 1.62. The number of thioether (sulfide) groups is 1. The maximum atomic E-state index is 5.50. The highest BCUT2D eigenvalue weighted by Gasteiger charge is 2.02. The Kier molecular flexibility index (Phi) is 2.54. The molecule has 0 aliphatic carbocycles. The lowest BCUT2D eigenvalue weighted by Crippen LogP contribution is -1.96. The number of nitrogen functional groups attached to an aromatic ring is 1. The van der Waals surface area contributed by atoms with Gasteiger partial charge in [-0.25, -0.2) is 9.97 Å². The topological polar surface area (TPSA) is 106 Å². The van der Waals surface area contributed by atoms with Crippen molar-refractivity contribution in [3.63, 3.8) is 0 Å². The van der Waals surface area contributed by atoms with Crippen LogP contribution in [0, 0.1) is 0 Å². The smallest absolute Gasteiger partial charge is 0.231 e. The maximum Gasteiger partial charge on any atom is 0.231 e. The molecule has 0 bridgehead atoms. The minimum Gasteiger partial charge on any atom is -0.384 e. The van der Waals surface area contributed by atoms with Crippen LogP contribution in [0.3, 0.4) is 0 Å². The number of hydrogen-bond donors (Lipinski definition) is 2. The largest absolute Gasteiger partial charge is 0.384 e. The predicted octanol–water partition coefficient (Wildman–Crippen LogP) is -0.136. The van der Waals surface area contributed by atoms with Crippen LogP contribution >= 0.6 is 11.8 Å². The molecule has 0 aliphatic heterocycles. The highest BCUT2D eigenvalue weighted by Crippen LogP contribution is 2.15. The van der Waals surface area contributed by atoms with E-state index in [4.69, 9.17) is 5.73 Å². The Labute approximate surface area is 83.5 Å². The summed E-state index contributed by atoms with van der Waals surface area (Å²) < 4.78 is 0. The van der Waals surface area contributed by atoms with Crippen molar-refractivity contribution in [1.29, 1.82) is 0 Å². The first kappa shape index (κ1) is 8.88. The number of aromatic amines is 1. The summed E-state index contributed by atoms with van der Waals surface area (Å²) in [6.45, 7) is 0. The molecule has 8 heteroatoms. The molecule has 0 spiro atoms. The summed E-state index contributed by atoms with van der Waals surface area (Å²) in [4.78, 5) is 8.07. The average Bonchev–Trinajstić information content (AvgIpc) is 2.67. The monoisotopic (exact) mass is 209 g/mol. The molecule has 0 saturated heterocycles. The van der Waals surface area contributed by atoms with E-state index in [1.165, 1.54) is 11.8 Å². The molecule has 0 saturated carbocycles. The van der Waals surface area contributed by atoms with Crippen LogP contribution in [0.4, 0.5) is 5.82 Å². The van der Waals surface area contributed by atoms with Gasteiger partial charge in [-0.05, 0) is 11.3 Å². The molecule has 7 nitrogen and oxygen atoms in total. The van der Waals surface area contributed by atoms with Crippen LogP contribution in [0.15, 0.2) is 17.4 Å². The number of hydrogen-bond acceptors (Lipinski definition) is 7. The molecule has 14 heavy (non-hydrogen) atoms. The minimum absolute atomic E-state index is 0.462. The molecule has 0 fully saturated rings. The SMILES string of the molecule is Nc1ccnc(CSc2nn[nH]n2)n1. The lowest BCUT2D eigenvalue weighted by molar-refractivity contribution is 0.881. The Hall–Kier alpha value is -1.70. The Balaban J connectivity index is 1.98. The molecule has 0 amide bonds. The first-order chi connectivity index (χ1) is 6.84. The van der Waals surface area contributed by atoms with Crippen LogP contribution in [0.5, 0.6) is 0 Å². The van der Waals surface area contributed by atoms with Crippen molar-refractivity contribution in [2.45, 2.75) is 10.9 Å². The van der Waals surface area contributed by atoms with Crippen molar-refractivity contribution in [3.05, 3.63) is 18.1 Å². The van der Waals surface area contributed by atoms with E-state index in [1.807, 2.05) is 0 Å². The van der Waals surface area contributed by atoms with Crippen LogP contribution in [0.2, 0.25) is 0 Å². The number of tetrazole rings is 1. The van der Waals surface area contributed by atoms with Crippen molar-refractivity contribution < 1.29 is 0 Å². The molecule has 0 aromatic carbocycles. The average molecular weight is 209 g/mol. The predicted molar refractivity (Wildman–Crippen MR) is 50.2 cm³/mol. The van der Waals surface area contributed by atoms with Crippen LogP contribution in [0.25, 0.3) is 0 Å². The van der Waals surface area contributed by atoms with Crippen LogP contribution in [-0.4, -0.2) is 30.6 Å². The molecular weight excluding hydrogens is 202 g/mol. The van der Waals surface area contributed by atoms with E-state index in [9.17, 15) is 0 Å². The van der Waals surface area contributed by atoms with Crippen molar-refractivity contribution in [2.24, 2.45) is 0 Å². The fraction of sp³-hybridized carbons (Fsp3) is 0.167. The number of H-pyrrole nitrogens is 1. The van der Waals surface area contributed by atoms with Gasteiger partial charge in [-0.1, -0.05) is 11.8 Å². The van der Waals surface area contributed by atoms with Gasteiger partial charge in [0, 0.05) is 6.20 Å². The highest BCUT2D eigenvalue weighted by molar-refractivity contribution is 7.98. The Morgan fingerprint density at radius 2 is 2.43 bits per heavy atom. The van der Waals surface area contributed by atoms with Gasteiger partial charge in [0.15, 0.2) is 0 Å². The van der Waals surface area contributed by atoms with Gasteiger partial charge in [0.1, 0.15) is 11.6 Å². The zero-order valence-electron chi connectivity index (χ0n) is 7.08. The molecule has 2 heterocycles. The van der Waals surface area contributed by atoms with Gasteiger partial charge < -0.3 is 5.73 Å². The summed E-state index contributed by atoms with van der Waals surface area (Å²) in [5.74, 6) is 1.69. The molecule has 0 atom stereocenters. The quantitative estimate of drug-likeness (QED) is 0.678. The molecule has 2 aromatic heterocycles. The van der Waals surface area contributed by atoms with Gasteiger partial charge in [0.25, 0.3) is 0 Å². The van der Waals surface area contributed by atoms with E-state index >= 15 is 0 Å². The number of nitrogens with two attached hydrogens (primary N) is 1. The molecule has 72 valence electrons. The number of aromatic nitrogens is 6. The highest BCUT2D eigenvalue weighted by atomic mass is 32.2. The second kappa shape index (κ2) is 4.01. The second-order valence-electron chi connectivity index (χ2n) is 2.38. The second-order valence-corrected chi connectivity index (χ2v) is 3.32. The number of nitrogens with one attached hydrogen (secondary N) is 1. The third-order valence-electron chi connectivity index (χ3n) is 1.38. The van der Waals surface area contributed by atoms with Gasteiger partial charge in [-0.15, -0.1) is 10.2 Å². The summed E-state index contributed by atoms with van der Waals surface area (Å²) in [6, 6.07) is 1.64. The van der Waals surface area contributed by atoms with Crippen molar-refractivity contribution in [3.8, 4) is 0 Å². The Morgan fingerprint density at radius 3 is 3.14 bits per heavy atom. The van der Waals surface area contributed by atoms with E-state index in [0.29, 0.717) is 22.6 Å². The van der Waals surface area contributed by atoms with Gasteiger partial charge in [0.2, 0.25) is 5.16 Å². The van der Waals surface area contributed by atoms with E-state index < -0.39 is 0 Å². The van der Waals surface area contributed by atoms with E-state index in [0.717, 1.165) is 0 Å². The molecular formula is C6H7N7S. The van der Waals surface area contributed by atoms with Crippen LogP contribution in [-0.2, 0) is 5.75 Å². The van der Waals surface area contributed by atoms with Crippen LogP contribution in [0.1, 0.15) is 5.82 Å². The number of anilines is 1. The van der Waals surface area contributed by atoms with Crippen molar-refractivity contribution in [2.75, 3.05) is 5.73 Å². The fourth-order valence-corrected chi connectivity index (χ4v) is 1.43. The third-order valence-corrected chi connectivity index (χ3v) is 2.22. The zero-order chi connectivity index (χ0) is 9.80. The third kappa shape index (κ3) is 2.16. The first-order valence-electron chi connectivity index (χ1n) is 3.78. The summed E-state index contributed by atoms with van der Waals surface area (Å²) >= 11 is 1.39. The first-order valence-corrected chi connectivity index (χ1v) is 4.77. The van der Waals surface area contributed by atoms with Crippen molar-refractivity contribution in [1.82, 2.24) is 30.6 Å². The number of rotatable bonds is 3. The molecule has 2 rings (SSSR count). The minimum atomic E-state index is 0.462. The molecule has 2 aromatic rings. The van der Waals surface area contributed by atoms with Gasteiger partial charge in [-0.2, -0.15) is 5.21 Å². The van der Waals surface area contributed by atoms with Gasteiger partial charge >= 0.3 is 0 Å². The number of nitrogens with zero attached hydrogens (tertiary/aromatic N) is 5.